The number of benzene rings is 4. The number of aromatic nitrogens is 4. The molecule has 0 fully saturated rings. The molecule has 4 aromatic carbocycles. The number of tetrazole rings is 1. The highest BCUT2D eigenvalue weighted by Gasteiger charge is 2.40. The highest BCUT2D eigenvalue weighted by atomic mass is 35.5. The molecular weight excluding hydrogens is 532 g/mol. The molecular formula is C33H33ClN6O. The molecule has 5 rings (SSSR count). The van der Waals surface area contributed by atoms with Crippen molar-refractivity contribution >= 4 is 17.5 Å². The lowest BCUT2D eigenvalue weighted by Crippen LogP contribution is -2.57. The van der Waals surface area contributed by atoms with Gasteiger partial charge < -0.3 is 5.32 Å². The molecule has 1 heterocycles. The van der Waals surface area contributed by atoms with Crippen LogP contribution >= 0.6 is 11.6 Å². The Kier molecular flexibility index (Phi) is 8.87. The Bertz CT molecular complexity index is 1440. The third-order valence-electron chi connectivity index (χ3n) is 7.21. The largest absolute Gasteiger partial charge is 0.347 e. The fourth-order valence-corrected chi connectivity index (χ4v) is 5.22. The topological polar surface area (TPSA) is 84.7 Å². The maximum absolute atomic E-state index is 13.9. The summed E-state index contributed by atoms with van der Waals surface area (Å²) in [5.74, 6) is 0.417. The van der Waals surface area contributed by atoms with Crippen molar-refractivity contribution in [3.63, 3.8) is 0 Å². The number of carbonyl (C=O) groups is 1. The van der Waals surface area contributed by atoms with Gasteiger partial charge in [0.2, 0.25) is 5.91 Å². The molecule has 0 radical (unpaired) electrons. The molecule has 8 heteroatoms. The average molecular weight is 565 g/mol. The zero-order valence-corrected chi connectivity index (χ0v) is 23.9. The van der Waals surface area contributed by atoms with Crippen LogP contribution in [0.2, 0.25) is 5.02 Å². The molecule has 0 bridgehead atoms. The molecule has 5 aromatic rings. The molecule has 7 nitrogen and oxygen atoms in total. The Morgan fingerprint density at radius 3 is 1.80 bits per heavy atom. The summed E-state index contributed by atoms with van der Waals surface area (Å²) in [6, 6.07) is 37.8. The fourth-order valence-electron chi connectivity index (χ4n) is 5.09. The van der Waals surface area contributed by atoms with Crippen molar-refractivity contribution < 1.29 is 4.79 Å². The lowest BCUT2D eigenvalue weighted by molar-refractivity contribution is -0.124. The second-order valence-electron chi connectivity index (χ2n) is 10.3. The van der Waals surface area contributed by atoms with E-state index in [4.69, 9.17) is 11.6 Å². The molecule has 1 aromatic heterocycles. The van der Waals surface area contributed by atoms with Gasteiger partial charge in [-0.1, -0.05) is 129 Å². The Hall–Kier alpha value is -4.33. The molecule has 41 heavy (non-hydrogen) atoms. The highest BCUT2D eigenvalue weighted by molar-refractivity contribution is 6.30. The Labute approximate surface area is 245 Å². The van der Waals surface area contributed by atoms with Gasteiger partial charge in [0.15, 0.2) is 5.82 Å². The van der Waals surface area contributed by atoms with E-state index in [9.17, 15) is 4.79 Å². The normalized spacial score (nSPS) is 12.3. The highest BCUT2D eigenvalue weighted by Crippen LogP contribution is 2.37. The van der Waals surface area contributed by atoms with Crippen molar-refractivity contribution in [1.29, 1.82) is 0 Å². The smallest absolute Gasteiger partial charge is 0.237 e. The monoisotopic (exact) mass is 564 g/mol. The molecule has 208 valence electrons. The minimum Gasteiger partial charge on any atom is -0.347 e. The molecule has 0 aliphatic rings. The number of carbonyl (C=O) groups excluding carboxylic acids is 1. The van der Waals surface area contributed by atoms with Crippen LogP contribution in [0.25, 0.3) is 0 Å². The van der Waals surface area contributed by atoms with Gasteiger partial charge in [-0.15, -0.1) is 5.10 Å². The van der Waals surface area contributed by atoms with Crippen LogP contribution in [0.5, 0.6) is 0 Å². The summed E-state index contributed by atoms with van der Waals surface area (Å²) in [5, 5.41) is 19.7. The van der Waals surface area contributed by atoms with E-state index in [0.717, 1.165) is 22.3 Å². The molecule has 0 saturated heterocycles. The first-order valence-electron chi connectivity index (χ1n) is 13.7. The number of hydrogen-bond donors (Lipinski definition) is 2. The summed E-state index contributed by atoms with van der Waals surface area (Å²) < 4.78 is 1.68. The number of rotatable bonds is 11. The summed E-state index contributed by atoms with van der Waals surface area (Å²) in [5.41, 5.74) is 3.37. The van der Waals surface area contributed by atoms with E-state index in [1.807, 2.05) is 92.7 Å². The lowest BCUT2D eigenvalue weighted by Gasteiger charge is -2.40. The van der Waals surface area contributed by atoms with E-state index in [1.54, 1.807) is 4.68 Å². The summed E-state index contributed by atoms with van der Waals surface area (Å²) in [4.78, 5) is 13.9. The van der Waals surface area contributed by atoms with Gasteiger partial charge in [-0.3, -0.25) is 10.1 Å². The molecule has 0 spiro atoms. The molecule has 2 N–H and O–H groups in total. The van der Waals surface area contributed by atoms with E-state index < -0.39 is 11.6 Å². The molecule has 1 amide bonds. The van der Waals surface area contributed by atoms with Crippen LogP contribution in [0, 0.1) is 5.92 Å². The first kappa shape index (κ1) is 28.2. The van der Waals surface area contributed by atoms with Gasteiger partial charge in [0.05, 0.1) is 24.7 Å². The van der Waals surface area contributed by atoms with Crippen LogP contribution in [0.1, 0.15) is 41.9 Å². The maximum atomic E-state index is 13.9. The summed E-state index contributed by atoms with van der Waals surface area (Å²) >= 11 is 6.03. The van der Waals surface area contributed by atoms with E-state index in [-0.39, 0.29) is 18.4 Å². The third kappa shape index (κ3) is 6.37. The van der Waals surface area contributed by atoms with Crippen LogP contribution < -0.4 is 10.6 Å². The van der Waals surface area contributed by atoms with Crippen molar-refractivity contribution in [1.82, 2.24) is 30.8 Å². The minimum absolute atomic E-state index is 0.0180. The molecule has 0 aliphatic carbocycles. The van der Waals surface area contributed by atoms with Crippen LogP contribution in [0.3, 0.4) is 0 Å². The van der Waals surface area contributed by atoms with Gasteiger partial charge in [-0.25, -0.2) is 4.68 Å². The van der Waals surface area contributed by atoms with Crippen molar-refractivity contribution in [3.05, 3.63) is 148 Å². The number of amides is 1. The average Bonchev–Trinajstić information content (AvgIpc) is 3.45. The van der Waals surface area contributed by atoms with Gasteiger partial charge in [0.1, 0.15) is 0 Å². The van der Waals surface area contributed by atoms with Gasteiger partial charge in [0, 0.05) is 5.02 Å². The second kappa shape index (κ2) is 12.9. The summed E-state index contributed by atoms with van der Waals surface area (Å²) in [6.07, 6.45) is 0. The van der Waals surface area contributed by atoms with Crippen molar-refractivity contribution in [2.24, 2.45) is 5.92 Å². The number of halogens is 1. The van der Waals surface area contributed by atoms with Crippen LogP contribution in [-0.2, 0) is 23.4 Å². The van der Waals surface area contributed by atoms with Crippen molar-refractivity contribution in [3.8, 4) is 0 Å². The molecule has 0 unspecified atom stereocenters. The van der Waals surface area contributed by atoms with Crippen molar-refractivity contribution in [2.45, 2.75) is 38.5 Å². The summed E-state index contributed by atoms with van der Waals surface area (Å²) in [7, 11) is 0. The quantitative estimate of drug-likeness (QED) is 0.204. The molecule has 0 saturated carbocycles. The molecule has 1 atom stereocenters. The fraction of sp³-hybridized carbons (Fsp3) is 0.212. The van der Waals surface area contributed by atoms with E-state index in [0.29, 0.717) is 17.4 Å². The van der Waals surface area contributed by atoms with Crippen molar-refractivity contribution in [2.75, 3.05) is 0 Å². The first-order chi connectivity index (χ1) is 20.0. The Morgan fingerprint density at radius 2 is 1.32 bits per heavy atom. The zero-order chi connectivity index (χ0) is 28.7. The third-order valence-corrected chi connectivity index (χ3v) is 7.47. The van der Waals surface area contributed by atoms with Gasteiger partial charge in [-0.2, -0.15) is 0 Å². The minimum atomic E-state index is -0.772. The number of hydrogen-bond acceptors (Lipinski definition) is 5. The number of nitrogens with one attached hydrogen (secondary N) is 2. The van der Waals surface area contributed by atoms with E-state index in [2.05, 4.69) is 62.6 Å². The Morgan fingerprint density at radius 1 is 0.805 bits per heavy atom. The second-order valence-corrected chi connectivity index (χ2v) is 10.7. The van der Waals surface area contributed by atoms with Crippen LogP contribution in [0.15, 0.2) is 115 Å². The zero-order valence-electron chi connectivity index (χ0n) is 23.1. The lowest BCUT2D eigenvalue weighted by atomic mass is 9.76. The first-order valence-corrected chi connectivity index (χ1v) is 14.1. The SMILES string of the molecule is CC(C)[C@@H](NC(c1ccccc1)(c1ccccc1)c1ccccc1)C(=O)NCc1nnnn1Cc1ccc(Cl)cc1. The van der Waals surface area contributed by atoms with Gasteiger partial charge in [0.25, 0.3) is 0 Å². The van der Waals surface area contributed by atoms with Gasteiger partial charge in [-0.05, 0) is 50.7 Å². The standard InChI is InChI=1S/C33H33ClN6O/c1-24(2)31(32(41)35-22-30-37-38-39-40(30)23-25-18-20-29(34)21-19-25)36-33(26-12-6-3-7-13-26,27-14-8-4-9-15-27)28-16-10-5-11-17-28/h3-21,24,31,36H,22-23H2,1-2H3,(H,35,41)/t31-/m1/s1. The van der Waals surface area contributed by atoms with Crippen LogP contribution in [0.4, 0.5) is 0 Å². The van der Waals surface area contributed by atoms with E-state index in [1.165, 1.54) is 0 Å². The summed E-state index contributed by atoms with van der Waals surface area (Å²) in [6.45, 7) is 4.76. The maximum Gasteiger partial charge on any atom is 0.237 e. The van der Waals surface area contributed by atoms with Crippen LogP contribution in [-0.4, -0.2) is 32.2 Å². The Balaban J connectivity index is 1.45. The van der Waals surface area contributed by atoms with Gasteiger partial charge >= 0.3 is 0 Å². The molecule has 0 aliphatic heterocycles. The van der Waals surface area contributed by atoms with E-state index >= 15 is 0 Å². The predicted molar refractivity (Wildman–Crippen MR) is 161 cm³/mol. The predicted octanol–water partition coefficient (Wildman–Crippen LogP) is 5.60. The number of nitrogens with zero attached hydrogens (tertiary/aromatic N) is 4.